The molecule has 1 aromatic carbocycles. The van der Waals surface area contributed by atoms with Crippen molar-refractivity contribution in [3.8, 4) is 0 Å². The smallest absolute Gasteiger partial charge is 0.228 e. The molecule has 1 aromatic heterocycles. The van der Waals surface area contributed by atoms with E-state index in [0.29, 0.717) is 6.54 Å². The van der Waals surface area contributed by atoms with Gasteiger partial charge in [0.2, 0.25) is 5.91 Å². The fraction of sp³-hybridized carbons (Fsp3) is 0.467. The van der Waals surface area contributed by atoms with Gasteiger partial charge in [0.05, 0.1) is 11.0 Å². The van der Waals surface area contributed by atoms with Crippen LogP contribution in [0.5, 0.6) is 0 Å². The van der Waals surface area contributed by atoms with E-state index in [-0.39, 0.29) is 17.2 Å². The lowest BCUT2D eigenvalue weighted by molar-refractivity contribution is -0.119. The topological polar surface area (TPSA) is 83.8 Å². The molecule has 0 spiro atoms. The fourth-order valence-electron chi connectivity index (χ4n) is 1.82. The number of nitrogens with two attached hydrogens (primary N) is 1. The van der Waals surface area contributed by atoms with Crippen molar-refractivity contribution >= 4 is 22.6 Å². The molecule has 1 amide bonds. The van der Waals surface area contributed by atoms with Crippen LogP contribution in [0.3, 0.4) is 0 Å². The minimum absolute atomic E-state index is 0.0313. The number of aromatic amines is 1. The first kappa shape index (κ1) is 14.5. The highest BCUT2D eigenvalue weighted by molar-refractivity contribution is 5.94. The Balaban J connectivity index is 2.27. The lowest BCUT2D eigenvalue weighted by atomic mass is 9.96. The predicted molar refractivity (Wildman–Crippen MR) is 81.6 cm³/mol. The number of hydrogen-bond donors (Lipinski definition) is 3. The van der Waals surface area contributed by atoms with Crippen LogP contribution in [0, 0.1) is 5.92 Å². The van der Waals surface area contributed by atoms with E-state index in [2.05, 4.69) is 36.1 Å². The number of rotatable bonds is 3. The van der Waals surface area contributed by atoms with Crippen LogP contribution in [0.25, 0.3) is 11.0 Å². The second-order valence-corrected chi connectivity index (χ2v) is 6.19. The lowest BCUT2D eigenvalue weighted by Gasteiger charge is -2.13. The Bertz CT molecular complexity index is 624. The van der Waals surface area contributed by atoms with E-state index in [4.69, 9.17) is 5.73 Å². The molecule has 4 N–H and O–H groups in total. The van der Waals surface area contributed by atoms with Gasteiger partial charge in [-0.2, -0.15) is 0 Å². The molecule has 2 aromatic rings. The standard InChI is InChI=1S/C15H22N4O/c1-9(8-16)13(20)17-10-5-6-11-12(7-10)19-14(18-11)15(2,3)4/h5-7,9H,8,16H2,1-4H3,(H,17,20)(H,18,19). The number of imidazole rings is 1. The quantitative estimate of drug-likeness (QED) is 0.803. The van der Waals surface area contributed by atoms with Crippen LogP contribution in [0.15, 0.2) is 18.2 Å². The largest absolute Gasteiger partial charge is 0.341 e. The summed E-state index contributed by atoms with van der Waals surface area (Å²) in [5, 5.41) is 2.87. The van der Waals surface area contributed by atoms with E-state index in [9.17, 15) is 4.79 Å². The third-order valence-electron chi connectivity index (χ3n) is 3.26. The Morgan fingerprint density at radius 3 is 2.75 bits per heavy atom. The number of hydrogen-bond acceptors (Lipinski definition) is 3. The second-order valence-electron chi connectivity index (χ2n) is 6.19. The number of anilines is 1. The highest BCUT2D eigenvalue weighted by atomic mass is 16.1. The maximum absolute atomic E-state index is 11.8. The lowest BCUT2D eigenvalue weighted by Crippen LogP contribution is -2.26. The summed E-state index contributed by atoms with van der Waals surface area (Å²) < 4.78 is 0. The molecular weight excluding hydrogens is 252 g/mol. The molecule has 1 unspecified atom stereocenters. The van der Waals surface area contributed by atoms with E-state index in [1.807, 2.05) is 25.1 Å². The summed E-state index contributed by atoms with van der Waals surface area (Å²) in [6.45, 7) is 8.47. The summed E-state index contributed by atoms with van der Waals surface area (Å²) in [5.74, 6) is 0.673. The maximum Gasteiger partial charge on any atom is 0.228 e. The predicted octanol–water partition coefficient (Wildman–Crippen LogP) is 2.39. The van der Waals surface area contributed by atoms with E-state index < -0.39 is 0 Å². The van der Waals surface area contributed by atoms with E-state index in [0.717, 1.165) is 22.5 Å². The number of H-pyrrole nitrogens is 1. The molecule has 0 aliphatic carbocycles. The molecule has 5 nitrogen and oxygen atoms in total. The van der Waals surface area contributed by atoms with Crippen molar-refractivity contribution in [1.82, 2.24) is 9.97 Å². The van der Waals surface area contributed by atoms with Gasteiger partial charge in [0, 0.05) is 23.6 Å². The first-order valence-corrected chi connectivity index (χ1v) is 6.82. The highest BCUT2D eigenvalue weighted by Gasteiger charge is 2.18. The van der Waals surface area contributed by atoms with E-state index in [1.54, 1.807) is 0 Å². The van der Waals surface area contributed by atoms with Crippen LogP contribution in [0.1, 0.15) is 33.5 Å². The van der Waals surface area contributed by atoms with Crippen molar-refractivity contribution in [3.05, 3.63) is 24.0 Å². The van der Waals surface area contributed by atoms with Gasteiger partial charge >= 0.3 is 0 Å². The van der Waals surface area contributed by atoms with Gasteiger partial charge in [-0.05, 0) is 18.2 Å². The summed E-state index contributed by atoms with van der Waals surface area (Å²) in [6.07, 6.45) is 0. The molecular formula is C15H22N4O. The van der Waals surface area contributed by atoms with Crippen molar-refractivity contribution in [2.45, 2.75) is 33.1 Å². The normalized spacial score (nSPS) is 13.4. The number of carbonyl (C=O) groups is 1. The SMILES string of the molecule is CC(CN)C(=O)Nc1ccc2nc(C(C)(C)C)[nH]c2c1. The molecule has 5 heteroatoms. The monoisotopic (exact) mass is 274 g/mol. The Morgan fingerprint density at radius 2 is 2.15 bits per heavy atom. The molecule has 20 heavy (non-hydrogen) atoms. The molecule has 1 atom stereocenters. The van der Waals surface area contributed by atoms with Crippen molar-refractivity contribution in [2.75, 3.05) is 11.9 Å². The van der Waals surface area contributed by atoms with Gasteiger partial charge in [-0.3, -0.25) is 4.79 Å². The van der Waals surface area contributed by atoms with Gasteiger partial charge in [-0.15, -0.1) is 0 Å². The Morgan fingerprint density at radius 1 is 1.45 bits per heavy atom. The number of aromatic nitrogens is 2. The summed E-state index contributed by atoms with van der Waals surface area (Å²) in [5.41, 5.74) is 8.04. The van der Waals surface area contributed by atoms with E-state index in [1.165, 1.54) is 0 Å². The van der Waals surface area contributed by atoms with Crippen molar-refractivity contribution in [1.29, 1.82) is 0 Å². The minimum Gasteiger partial charge on any atom is -0.341 e. The summed E-state index contributed by atoms with van der Waals surface area (Å²) in [6, 6.07) is 5.67. The minimum atomic E-state index is -0.197. The molecule has 0 fully saturated rings. The number of nitrogens with zero attached hydrogens (tertiary/aromatic N) is 1. The molecule has 2 rings (SSSR count). The molecule has 0 saturated heterocycles. The maximum atomic E-state index is 11.8. The average Bonchev–Trinajstić information content (AvgIpc) is 2.80. The van der Waals surface area contributed by atoms with Gasteiger partial charge in [-0.25, -0.2) is 4.98 Å². The van der Waals surface area contributed by atoms with Crippen LogP contribution in [-0.2, 0) is 10.2 Å². The number of carbonyl (C=O) groups excluding carboxylic acids is 1. The van der Waals surface area contributed by atoms with Crippen molar-refractivity contribution in [2.24, 2.45) is 11.7 Å². The summed E-state index contributed by atoms with van der Waals surface area (Å²) in [4.78, 5) is 19.7. The fourth-order valence-corrected chi connectivity index (χ4v) is 1.82. The molecule has 0 saturated carbocycles. The zero-order chi connectivity index (χ0) is 14.9. The van der Waals surface area contributed by atoms with Crippen molar-refractivity contribution < 1.29 is 4.79 Å². The Labute approximate surface area is 119 Å². The van der Waals surface area contributed by atoms with Gasteiger partial charge < -0.3 is 16.0 Å². The first-order chi connectivity index (χ1) is 9.31. The second kappa shape index (κ2) is 5.25. The zero-order valence-electron chi connectivity index (χ0n) is 12.4. The number of amides is 1. The van der Waals surface area contributed by atoms with Crippen LogP contribution in [-0.4, -0.2) is 22.4 Å². The third kappa shape index (κ3) is 2.99. The highest BCUT2D eigenvalue weighted by Crippen LogP contribution is 2.24. The third-order valence-corrected chi connectivity index (χ3v) is 3.26. The number of fused-ring (bicyclic) bond motifs is 1. The number of benzene rings is 1. The van der Waals surface area contributed by atoms with Crippen LogP contribution < -0.4 is 11.1 Å². The number of nitrogens with one attached hydrogen (secondary N) is 2. The summed E-state index contributed by atoms with van der Waals surface area (Å²) in [7, 11) is 0. The van der Waals surface area contributed by atoms with Gasteiger partial charge in [0.25, 0.3) is 0 Å². The Hall–Kier alpha value is -1.88. The van der Waals surface area contributed by atoms with Gasteiger partial charge in [-0.1, -0.05) is 27.7 Å². The molecule has 108 valence electrons. The van der Waals surface area contributed by atoms with Crippen LogP contribution >= 0.6 is 0 Å². The molecule has 0 radical (unpaired) electrons. The van der Waals surface area contributed by atoms with Crippen molar-refractivity contribution in [3.63, 3.8) is 0 Å². The molecule has 1 heterocycles. The van der Waals surface area contributed by atoms with E-state index >= 15 is 0 Å². The van der Waals surface area contributed by atoms with Crippen LogP contribution in [0.4, 0.5) is 5.69 Å². The Kier molecular flexibility index (Phi) is 3.81. The molecule has 0 aliphatic rings. The average molecular weight is 274 g/mol. The molecule has 0 aliphatic heterocycles. The molecule has 0 bridgehead atoms. The van der Waals surface area contributed by atoms with Gasteiger partial charge in [0.1, 0.15) is 5.82 Å². The van der Waals surface area contributed by atoms with Gasteiger partial charge in [0.15, 0.2) is 0 Å². The zero-order valence-corrected chi connectivity index (χ0v) is 12.4. The summed E-state index contributed by atoms with van der Waals surface area (Å²) >= 11 is 0. The first-order valence-electron chi connectivity index (χ1n) is 6.82. The van der Waals surface area contributed by atoms with Crippen LogP contribution in [0.2, 0.25) is 0 Å².